The number of aryl methyl sites for hydroxylation is 2. The molecule has 0 saturated heterocycles. The van der Waals surface area contributed by atoms with E-state index in [0.717, 1.165) is 22.5 Å². The molecule has 7 heteroatoms. The zero-order chi connectivity index (χ0) is 25.7. The molecule has 2 heterocycles. The number of amides is 1. The number of ether oxygens (including phenoxy) is 1. The minimum Gasteiger partial charge on any atom is -0.426 e. The smallest absolute Gasteiger partial charge is 0.312 e. The van der Waals surface area contributed by atoms with Gasteiger partial charge in [-0.3, -0.25) is 19.2 Å². The second kappa shape index (κ2) is 8.65. The number of esters is 1. The summed E-state index contributed by atoms with van der Waals surface area (Å²) in [6.45, 7) is 10.6. The number of aromatic amines is 1. The number of nitrogens with one attached hydrogen (secondary N) is 2. The first kappa shape index (κ1) is 24.1. The Labute approximate surface area is 203 Å². The van der Waals surface area contributed by atoms with Crippen molar-refractivity contribution in [3.05, 3.63) is 69.6 Å². The summed E-state index contributed by atoms with van der Waals surface area (Å²) in [5, 5.41) is 2.82. The number of hydrogen-bond donors (Lipinski definition) is 2. The van der Waals surface area contributed by atoms with E-state index in [0.29, 0.717) is 28.0 Å². The first-order valence-corrected chi connectivity index (χ1v) is 11.4. The number of benzene rings is 1. The van der Waals surface area contributed by atoms with E-state index < -0.39 is 11.4 Å². The van der Waals surface area contributed by atoms with Crippen molar-refractivity contribution in [3.8, 4) is 5.75 Å². The lowest BCUT2D eigenvalue weighted by atomic mass is 9.73. The Kier molecular flexibility index (Phi) is 5.97. The molecule has 0 fully saturated rings. The minimum absolute atomic E-state index is 0.0916. The number of Topliss-reactive ketones (excluding diaryl/α,β-unsaturated/α-hetero) is 1. The van der Waals surface area contributed by atoms with Gasteiger partial charge in [0, 0.05) is 45.2 Å². The molecule has 1 aliphatic carbocycles. The Morgan fingerprint density at radius 2 is 1.77 bits per heavy atom. The predicted octanol–water partition coefficient (Wildman–Crippen LogP) is 4.86. The van der Waals surface area contributed by atoms with E-state index in [1.54, 1.807) is 45.9 Å². The molecular formula is C28H28N2O5. The number of carbonyl (C=O) groups is 4. The molecule has 0 atom stereocenters. The number of allylic oxidation sites excluding steroid dienone is 4. The predicted molar refractivity (Wildman–Crippen MR) is 134 cm³/mol. The molecule has 1 aromatic carbocycles. The van der Waals surface area contributed by atoms with Gasteiger partial charge in [-0.1, -0.05) is 13.8 Å². The molecule has 180 valence electrons. The Hall–Kier alpha value is -4.00. The van der Waals surface area contributed by atoms with Gasteiger partial charge in [0.05, 0.1) is 17.7 Å². The average Bonchev–Trinajstić information content (AvgIpc) is 3.22. The van der Waals surface area contributed by atoms with Crippen LogP contribution in [0.3, 0.4) is 0 Å². The van der Waals surface area contributed by atoms with Crippen molar-refractivity contribution in [1.29, 1.82) is 0 Å². The van der Waals surface area contributed by atoms with Gasteiger partial charge in [0.15, 0.2) is 11.6 Å². The summed E-state index contributed by atoms with van der Waals surface area (Å²) in [7, 11) is 0. The van der Waals surface area contributed by atoms with Crippen molar-refractivity contribution in [2.75, 3.05) is 5.32 Å². The second-order valence-corrected chi connectivity index (χ2v) is 9.82. The highest BCUT2D eigenvalue weighted by Crippen LogP contribution is 2.39. The third kappa shape index (κ3) is 4.54. The number of hydrogen-bond acceptors (Lipinski definition) is 5. The van der Waals surface area contributed by atoms with E-state index in [4.69, 9.17) is 4.74 Å². The topological polar surface area (TPSA) is 105 Å². The van der Waals surface area contributed by atoms with E-state index in [-0.39, 0.29) is 29.6 Å². The van der Waals surface area contributed by atoms with E-state index in [1.165, 1.54) is 6.08 Å². The van der Waals surface area contributed by atoms with Crippen LogP contribution in [0.1, 0.15) is 56.6 Å². The summed E-state index contributed by atoms with van der Waals surface area (Å²) in [5.74, 6) is -0.944. The standard InChI is InChI=1S/C28H28N2O5/c1-14-9-16(3)29-21(14)12-20-19-8-7-18(11-22(19)30-27(20)34)35-24(32)13-28(5,6)25-17(4)26(33)15(2)10-23(25)31/h7-12,29H,13H2,1-6H3,(H,30,34)/b20-12-. The van der Waals surface area contributed by atoms with Crippen molar-refractivity contribution < 1.29 is 23.9 Å². The molecule has 0 radical (unpaired) electrons. The molecule has 0 saturated carbocycles. The minimum atomic E-state index is -0.891. The molecule has 35 heavy (non-hydrogen) atoms. The zero-order valence-electron chi connectivity index (χ0n) is 20.7. The highest BCUT2D eigenvalue weighted by molar-refractivity contribution is 6.35. The van der Waals surface area contributed by atoms with E-state index in [2.05, 4.69) is 10.3 Å². The van der Waals surface area contributed by atoms with Crippen LogP contribution in [0.5, 0.6) is 5.75 Å². The lowest BCUT2D eigenvalue weighted by Crippen LogP contribution is -2.30. The van der Waals surface area contributed by atoms with Gasteiger partial charge in [-0.05, 0) is 63.6 Å². The zero-order valence-corrected chi connectivity index (χ0v) is 20.7. The Balaban J connectivity index is 1.53. The molecule has 2 aliphatic rings. The molecular weight excluding hydrogens is 444 g/mol. The monoisotopic (exact) mass is 472 g/mol. The number of ketones is 2. The normalized spacial score (nSPS) is 17.0. The molecule has 4 rings (SSSR count). The van der Waals surface area contributed by atoms with Crippen molar-refractivity contribution in [1.82, 2.24) is 4.98 Å². The van der Waals surface area contributed by atoms with Crippen LogP contribution in [-0.4, -0.2) is 28.4 Å². The van der Waals surface area contributed by atoms with Gasteiger partial charge in [0.1, 0.15) is 5.75 Å². The molecule has 1 amide bonds. The summed E-state index contributed by atoms with van der Waals surface area (Å²) >= 11 is 0. The highest BCUT2D eigenvalue weighted by atomic mass is 16.5. The number of anilines is 1. The van der Waals surface area contributed by atoms with Crippen LogP contribution >= 0.6 is 0 Å². The van der Waals surface area contributed by atoms with Crippen LogP contribution in [-0.2, 0) is 19.2 Å². The molecule has 0 unspecified atom stereocenters. The Bertz CT molecular complexity index is 1400. The van der Waals surface area contributed by atoms with Gasteiger partial charge >= 0.3 is 5.97 Å². The maximum absolute atomic E-state index is 12.8. The lowest BCUT2D eigenvalue weighted by molar-refractivity contribution is -0.136. The van der Waals surface area contributed by atoms with Crippen LogP contribution in [0.25, 0.3) is 11.6 Å². The van der Waals surface area contributed by atoms with Gasteiger partial charge in [-0.2, -0.15) is 0 Å². The molecule has 2 aromatic rings. The van der Waals surface area contributed by atoms with Crippen LogP contribution in [0.2, 0.25) is 0 Å². The maximum atomic E-state index is 12.8. The Morgan fingerprint density at radius 1 is 1.06 bits per heavy atom. The summed E-state index contributed by atoms with van der Waals surface area (Å²) in [5.41, 5.74) is 4.90. The van der Waals surface area contributed by atoms with E-state index in [1.807, 2.05) is 26.0 Å². The molecule has 1 aromatic heterocycles. The largest absolute Gasteiger partial charge is 0.426 e. The Morgan fingerprint density at radius 3 is 2.43 bits per heavy atom. The van der Waals surface area contributed by atoms with Crippen LogP contribution < -0.4 is 10.1 Å². The first-order valence-electron chi connectivity index (χ1n) is 11.4. The third-order valence-electron chi connectivity index (χ3n) is 6.41. The summed E-state index contributed by atoms with van der Waals surface area (Å²) in [6, 6.07) is 6.99. The van der Waals surface area contributed by atoms with Gasteiger partial charge in [-0.25, -0.2) is 0 Å². The molecule has 2 N–H and O–H groups in total. The second-order valence-electron chi connectivity index (χ2n) is 9.82. The molecule has 0 bridgehead atoms. The number of aromatic nitrogens is 1. The summed E-state index contributed by atoms with van der Waals surface area (Å²) < 4.78 is 5.55. The SMILES string of the molecule is CC1=CC(=O)C(C(C)(C)CC(=O)Oc2ccc3c(c2)NC(=O)/C3=C\c2[nH]c(C)cc2C)=C(C)C1=O. The number of rotatable bonds is 5. The fraction of sp³-hybridized carbons (Fsp3) is 0.286. The molecule has 1 aliphatic heterocycles. The molecule has 7 nitrogen and oxygen atoms in total. The highest BCUT2D eigenvalue weighted by Gasteiger charge is 2.36. The lowest BCUT2D eigenvalue weighted by Gasteiger charge is -2.29. The van der Waals surface area contributed by atoms with Gasteiger partial charge in [0.2, 0.25) is 0 Å². The maximum Gasteiger partial charge on any atom is 0.312 e. The van der Waals surface area contributed by atoms with Crippen molar-refractivity contribution in [3.63, 3.8) is 0 Å². The van der Waals surface area contributed by atoms with Gasteiger partial charge in [0.25, 0.3) is 5.91 Å². The van der Waals surface area contributed by atoms with Gasteiger partial charge in [-0.15, -0.1) is 0 Å². The quantitative estimate of drug-likeness (QED) is 0.280. The van der Waals surface area contributed by atoms with Crippen molar-refractivity contribution >= 4 is 40.8 Å². The van der Waals surface area contributed by atoms with Gasteiger partial charge < -0.3 is 15.0 Å². The van der Waals surface area contributed by atoms with Crippen molar-refractivity contribution in [2.24, 2.45) is 5.41 Å². The number of carbonyl (C=O) groups excluding carboxylic acids is 4. The van der Waals surface area contributed by atoms with Crippen LogP contribution in [0.15, 0.2) is 47.1 Å². The van der Waals surface area contributed by atoms with E-state index >= 15 is 0 Å². The fourth-order valence-corrected chi connectivity index (χ4v) is 4.81. The molecule has 0 spiro atoms. The van der Waals surface area contributed by atoms with E-state index in [9.17, 15) is 19.2 Å². The van der Waals surface area contributed by atoms with Crippen LogP contribution in [0.4, 0.5) is 5.69 Å². The number of fused-ring (bicyclic) bond motifs is 1. The first-order chi connectivity index (χ1) is 16.4. The average molecular weight is 473 g/mol. The third-order valence-corrected chi connectivity index (χ3v) is 6.41. The van der Waals surface area contributed by atoms with Crippen molar-refractivity contribution in [2.45, 2.75) is 48.0 Å². The van der Waals surface area contributed by atoms with Crippen LogP contribution in [0, 0.1) is 19.3 Å². The number of H-pyrrole nitrogens is 1. The summed E-state index contributed by atoms with van der Waals surface area (Å²) in [6.07, 6.45) is 3.04. The fourth-order valence-electron chi connectivity index (χ4n) is 4.81. The summed E-state index contributed by atoms with van der Waals surface area (Å²) in [4.78, 5) is 53.6.